The number of halogens is 1. The molecule has 2 aromatic rings. The van der Waals surface area contributed by atoms with Gasteiger partial charge in [0.05, 0.1) is 30.6 Å². The number of hydrogen-bond donors (Lipinski definition) is 0. The third kappa shape index (κ3) is 2.58. The Hall–Kier alpha value is -0.910. The lowest BCUT2D eigenvalue weighted by Gasteiger charge is -2.26. The minimum atomic E-state index is 0.859. The fourth-order valence-electron chi connectivity index (χ4n) is 2.29. The maximum absolute atomic E-state index is 5.35. The zero-order chi connectivity index (χ0) is 12.4. The lowest BCUT2D eigenvalue weighted by atomic mass is 10.3. The van der Waals surface area contributed by atoms with E-state index < -0.39 is 0 Å². The molecule has 0 saturated carbocycles. The van der Waals surface area contributed by atoms with Gasteiger partial charge in [0.1, 0.15) is 0 Å². The number of aromatic nitrogens is 2. The number of rotatable bonds is 3. The fraction of sp³-hybridized carbons (Fsp3) is 0.462. The van der Waals surface area contributed by atoms with Gasteiger partial charge < -0.3 is 9.30 Å². The van der Waals surface area contributed by atoms with Crippen molar-refractivity contribution in [3.63, 3.8) is 0 Å². The summed E-state index contributed by atoms with van der Waals surface area (Å²) in [7, 11) is 0. The van der Waals surface area contributed by atoms with Gasteiger partial charge in [-0.05, 0) is 18.2 Å². The highest BCUT2D eigenvalue weighted by Crippen LogP contribution is 2.18. The van der Waals surface area contributed by atoms with Crippen molar-refractivity contribution in [1.82, 2.24) is 14.5 Å². The van der Waals surface area contributed by atoms with Crippen LogP contribution in [0, 0.1) is 0 Å². The second-order valence-electron chi connectivity index (χ2n) is 4.53. The smallest absolute Gasteiger partial charge is 0.0958 e. The zero-order valence-corrected chi connectivity index (χ0v) is 11.8. The van der Waals surface area contributed by atoms with Crippen LogP contribution < -0.4 is 0 Å². The van der Waals surface area contributed by atoms with Crippen molar-refractivity contribution in [2.75, 3.05) is 32.8 Å². The number of ether oxygens (including phenoxy) is 1. The molecule has 0 spiro atoms. The Balaban J connectivity index is 1.70. The number of morpholine rings is 1. The van der Waals surface area contributed by atoms with Gasteiger partial charge in [-0.25, -0.2) is 4.98 Å². The van der Waals surface area contributed by atoms with E-state index in [1.54, 1.807) is 0 Å². The Kier molecular flexibility index (Phi) is 3.63. The Morgan fingerprint density at radius 2 is 2.06 bits per heavy atom. The summed E-state index contributed by atoms with van der Waals surface area (Å²) in [5.74, 6) is 0. The molecule has 5 heteroatoms. The normalized spacial score (nSPS) is 17.4. The summed E-state index contributed by atoms with van der Waals surface area (Å²) in [6, 6.07) is 6.24. The second kappa shape index (κ2) is 5.38. The first-order valence-electron chi connectivity index (χ1n) is 6.23. The van der Waals surface area contributed by atoms with Crippen molar-refractivity contribution < 1.29 is 4.74 Å². The molecule has 1 aliphatic rings. The lowest BCUT2D eigenvalue weighted by molar-refractivity contribution is 0.0365. The van der Waals surface area contributed by atoms with Gasteiger partial charge in [-0.2, -0.15) is 0 Å². The Morgan fingerprint density at radius 3 is 2.89 bits per heavy atom. The molecule has 1 aromatic carbocycles. The van der Waals surface area contributed by atoms with Gasteiger partial charge in [0.2, 0.25) is 0 Å². The van der Waals surface area contributed by atoms with E-state index in [9.17, 15) is 0 Å². The predicted octanol–water partition coefficient (Wildman–Crippen LogP) is 2.13. The van der Waals surface area contributed by atoms with E-state index in [0.29, 0.717) is 0 Å². The highest BCUT2D eigenvalue weighted by molar-refractivity contribution is 9.10. The quantitative estimate of drug-likeness (QED) is 0.870. The molecular weight excluding hydrogens is 294 g/mol. The molecule has 0 bridgehead atoms. The maximum Gasteiger partial charge on any atom is 0.0958 e. The standard InChI is InChI=1S/C13H16BrN3O/c14-11-1-2-13-12(9-11)15-10-17(13)4-3-16-5-7-18-8-6-16/h1-2,9-10H,3-8H2. The van der Waals surface area contributed by atoms with Gasteiger partial charge in [0.25, 0.3) is 0 Å². The van der Waals surface area contributed by atoms with Crippen molar-refractivity contribution in [2.24, 2.45) is 0 Å². The third-order valence-electron chi connectivity index (χ3n) is 3.34. The monoisotopic (exact) mass is 309 g/mol. The molecule has 96 valence electrons. The van der Waals surface area contributed by atoms with Crippen LogP contribution in [-0.2, 0) is 11.3 Å². The largest absolute Gasteiger partial charge is 0.379 e. The van der Waals surface area contributed by atoms with Crippen LogP contribution in [0.1, 0.15) is 0 Å². The molecule has 0 atom stereocenters. The SMILES string of the molecule is Brc1ccc2c(c1)ncn2CCN1CCOCC1. The zero-order valence-electron chi connectivity index (χ0n) is 10.2. The van der Waals surface area contributed by atoms with Gasteiger partial charge in [-0.1, -0.05) is 15.9 Å². The van der Waals surface area contributed by atoms with Crippen LogP contribution in [0.5, 0.6) is 0 Å². The molecule has 1 fully saturated rings. The molecular formula is C13H16BrN3O. The minimum Gasteiger partial charge on any atom is -0.379 e. The lowest BCUT2D eigenvalue weighted by Crippen LogP contribution is -2.38. The van der Waals surface area contributed by atoms with Crippen molar-refractivity contribution in [2.45, 2.75) is 6.54 Å². The van der Waals surface area contributed by atoms with Gasteiger partial charge in [0.15, 0.2) is 0 Å². The summed E-state index contributed by atoms with van der Waals surface area (Å²) in [5.41, 5.74) is 2.25. The van der Waals surface area contributed by atoms with Crippen LogP contribution in [0.3, 0.4) is 0 Å². The first kappa shape index (κ1) is 12.1. The molecule has 1 saturated heterocycles. The molecule has 4 nitrogen and oxygen atoms in total. The molecule has 3 rings (SSSR count). The highest BCUT2D eigenvalue weighted by atomic mass is 79.9. The van der Waals surface area contributed by atoms with E-state index in [-0.39, 0.29) is 0 Å². The van der Waals surface area contributed by atoms with Crippen LogP contribution in [-0.4, -0.2) is 47.3 Å². The van der Waals surface area contributed by atoms with Gasteiger partial charge >= 0.3 is 0 Å². The number of nitrogens with zero attached hydrogens (tertiary/aromatic N) is 3. The maximum atomic E-state index is 5.35. The molecule has 0 radical (unpaired) electrons. The molecule has 1 aromatic heterocycles. The molecule has 0 amide bonds. The topological polar surface area (TPSA) is 30.3 Å². The van der Waals surface area contributed by atoms with E-state index in [1.165, 1.54) is 5.52 Å². The molecule has 2 heterocycles. The number of hydrogen-bond acceptors (Lipinski definition) is 3. The molecule has 0 N–H and O–H groups in total. The number of benzene rings is 1. The van der Waals surface area contributed by atoms with E-state index in [4.69, 9.17) is 4.74 Å². The van der Waals surface area contributed by atoms with Crippen LogP contribution in [0.2, 0.25) is 0 Å². The van der Waals surface area contributed by atoms with Crippen molar-refractivity contribution in [3.05, 3.63) is 29.0 Å². The summed E-state index contributed by atoms with van der Waals surface area (Å²) in [6.07, 6.45) is 1.93. The molecule has 0 aliphatic carbocycles. The average molecular weight is 310 g/mol. The van der Waals surface area contributed by atoms with Crippen LogP contribution in [0.25, 0.3) is 11.0 Å². The second-order valence-corrected chi connectivity index (χ2v) is 5.44. The third-order valence-corrected chi connectivity index (χ3v) is 3.84. The summed E-state index contributed by atoms with van der Waals surface area (Å²) in [4.78, 5) is 6.87. The fourth-order valence-corrected chi connectivity index (χ4v) is 2.64. The van der Waals surface area contributed by atoms with Gasteiger partial charge in [-0.3, -0.25) is 4.90 Å². The number of fused-ring (bicyclic) bond motifs is 1. The van der Waals surface area contributed by atoms with Crippen LogP contribution >= 0.6 is 15.9 Å². The van der Waals surface area contributed by atoms with Crippen LogP contribution in [0.15, 0.2) is 29.0 Å². The van der Waals surface area contributed by atoms with E-state index in [1.807, 2.05) is 6.33 Å². The summed E-state index contributed by atoms with van der Waals surface area (Å²) >= 11 is 3.47. The van der Waals surface area contributed by atoms with E-state index in [2.05, 4.69) is 48.6 Å². The Morgan fingerprint density at radius 1 is 1.22 bits per heavy atom. The van der Waals surface area contributed by atoms with Crippen LogP contribution in [0.4, 0.5) is 0 Å². The van der Waals surface area contributed by atoms with Crippen molar-refractivity contribution in [3.8, 4) is 0 Å². The summed E-state index contributed by atoms with van der Waals surface area (Å²) in [5, 5.41) is 0. The van der Waals surface area contributed by atoms with Crippen molar-refractivity contribution >= 4 is 27.0 Å². The summed E-state index contributed by atoms with van der Waals surface area (Å²) in [6.45, 7) is 5.84. The van der Waals surface area contributed by atoms with Gasteiger partial charge in [-0.15, -0.1) is 0 Å². The summed E-state index contributed by atoms with van der Waals surface area (Å²) < 4.78 is 8.65. The molecule has 1 aliphatic heterocycles. The highest BCUT2D eigenvalue weighted by Gasteiger charge is 2.10. The first-order chi connectivity index (χ1) is 8.83. The van der Waals surface area contributed by atoms with E-state index in [0.717, 1.165) is 49.4 Å². The Bertz CT molecular complexity index is 534. The van der Waals surface area contributed by atoms with Gasteiger partial charge in [0, 0.05) is 30.7 Å². The minimum absolute atomic E-state index is 0.859. The molecule has 18 heavy (non-hydrogen) atoms. The average Bonchev–Trinajstić information content (AvgIpc) is 2.80. The van der Waals surface area contributed by atoms with Crippen molar-refractivity contribution in [1.29, 1.82) is 0 Å². The number of imidazole rings is 1. The van der Waals surface area contributed by atoms with E-state index >= 15 is 0 Å². The predicted molar refractivity (Wildman–Crippen MR) is 74.7 cm³/mol. The molecule has 0 unspecified atom stereocenters. The first-order valence-corrected chi connectivity index (χ1v) is 7.03. The Labute approximate surface area is 115 Å².